The van der Waals surface area contributed by atoms with Crippen LogP contribution in [0.1, 0.15) is 30.6 Å². The van der Waals surface area contributed by atoms with Gasteiger partial charge in [0.15, 0.2) is 22.6 Å². The van der Waals surface area contributed by atoms with Gasteiger partial charge in [-0.15, -0.1) is 0 Å². The highest BCUT2D eigenvalue weighted by molar-refractivity contribution is 8.00. The standard InChI is InChI=1S/C20H18F2N2O2S/c1-3-10-24-19(26)14-6-4-5-7-17(14)23-20(24)27-12(2)18(25)13-8-9-15(21)16(22)11-13/h4-9,11-12H,3,10H2,1-2H3/t12-/m0/s1. The molecule has 0 aliphatic rings. The predicted molar refractivity (Wildman–Crippen MR) is 102 cm³/mol. The van der Waals surface area contributed by atoms with Crippen molar-refractivity contribution in [2.45, 2.75) is 37.2 Å². The van der Waals surface area contributed by atoms with Crippen molar-refractivity contribution in [2.24, 2.45) is 0 Å². The summed E-state index contributed by atoms with van der Waals surface area (Å²) in [6.07, 6.45) is 0.735. The Morgan fingerprint density at radius 2 is 1.93 bits per heavy atom. The van der Waals surface area contributed by atoms with Crippen LogP contribution in [0.25, 0.3) is 10.9 Å². The lowest BCUT2D eigenvalue weighted by atomic mass is 10.1. The zero-order valence-electron chi connectivity index (χ0n) is 14.9. The molecule has 1 aromatic heterocycles. The molecule has 3 rings (SSSR count). The molecule has 27 heavy (non-hydrogen) atoms. The number of aromatic nitrogens is 2. The third kappa shape index (κ3) is 3.93. The van der Waals surface area contributed by atoms with Gasteiger partial charge in [0.05, 0.1) is 16.2 Å². The molecule has 4 nitrogen and oxygen atoms in total. The van der Waals surface area contributed by atoms with Crippen LogP contribution in [0.5, 0.6) is 0 Å². The van der Waals surface area contributed by atoms with Gasteiger partial charge in [-0.1, -0.05) is 30.8 Å². The van der Waals surface area contributed by atoms with Gasteiger partial charge in [0.1, 0.15) is 0 Å². The average molecular weight is 388 g/mol. The van der Waals surface area contributed by atoms with E-state index in [0.29, 0.717) is 22.6 Å². The molecule has 7 heteroatoms. The van der Waals surface area contributed by atoms with Gasteiger partial charge in [0.25, 0.3) is 5.56 Å². The van der Waals surface area contributed by atoms with E-state index in [4.69, 9.17) is 0 Å². The third-order valence-electron chi connectivity index (χ3n) is 4.13. The summed E-state index contributed by atoms with van der Waals surface area (Å²) in [5.74, 6) is -2.42. The van der Waals surface area contributed by atoms with Gasteiger partial charge in [-0.3, -0.25) is 14.2 Å². The Bertz CT molecular complexity index is 1070. The van der Waals surface area contributed by atoms with E-state index < -0.39 is 16.9 Å². The zero-order valence-corrected chi connectivity index (χ0v) is 15.7. The zero-order chi connectivity index (χ0) is 19.6. The molecule has 0 N–H and O–H groups in total. The number of ketones is 1. The van der Waals surface area contributed by atoms with Crippen molar-refractivity contribution in [2.75, 3.05) is 0 Å². The number of carbonyl (C=O) groups excluding carboxylic acids is 1. The number of halogens is 2. The first-order valence-electron chi connectivity index (χ1n) is 8.58. The Labute approximate surface area is 159 Å². The number of benzene rings is 2. The van der Waals surface area contributed by atoms with Crippen LogP contribution in [0, 0.1) is 11.6 Å². The van der Waals surface area contributed by atoms with Crippen LogP contribution in [0.4, 0.5) is 8.78 Å². The molecule has 0 bridgehead atoms. The lowest BCUT2D eigenvalue weighted by Gasteiger charge is -2.15. The molecule has 0 radical (unpaired) electrons. The van der Waals surface area contributed by atoms with E-state index in [2.05, 4.69) is 4.98 Å². The van der Waals surface area contributed by atoms with Crippen molar-refractivity contribution in [3.8, 4) is 0 Å². The summed E-state index contributed by atoms with van der Waals surface area (Å²) in [7, 11) is 0. The molecule has 0 saturated carbocycles. The van der Waals surface area contributed by atoms with Gasteiger partial charge >= 0.3 is 0 Å². The maximum absolute atomic E-state index is 13.4. The van der Waals surface area contributed by atoms with E-state index in [1.165, 1.54) is 6.07 Å². The fourth-order valence-electron chi connectivity index (χ4n) is 2.75. The second-order valence-corrected chi connectivity index (χ2v) is 7.43. The van der Waals surface area contributed by atoms with Crippen molar-refractivity contribution in [3.05, 3.63) is 70.0 Å². The predicted octanol–water partition coefficient (Wildman–Crippen LogP) is 4.45. The molecule has 0 fully saturated rings. The molecule has 3 aromatic rings. The summed E-state index contributed by atoms with van der Waals surface area (Å²) in [5, 5.41) is 0.338. The van der Waals surface area contributed by atoms with Crippen molar-refractivity contribution in [1.82, 2.24) is 9.55 Å². The van der Waals surface area contributed by atoms with Crippen LogP contribution in [0.15, 0.2) is 52.4 Å². The summed E-state index contributed by atoms with van der Waals surface area (Å²) < 4.78 is 28.1. The topological polar surface area (TPSA) is 52.0 Å². The Morgan fingerprint density at radius 3 is 2.63 bits per heavy atom. The van der Waals surface area contributed by atoms with E-state index in [0.717, 1.165) is 30.3 Å². The van der Waals surface area contributed by atoms with E-state index >= 15 is 0 Å². The minimum Gasteiger partial charge on any atom is -0.293 e. The summed E-state index contributed by atoms with van der Waals surface area (Å²) in [5.41, 5.74) is 0.487. The maximum atomic E-state index is 13.4. The normalized spacial score (nSPS) is 12.3. The molecular formula is C20H18F2N2O2S. The summed E-state index contributed by atoms with van der Waals surface area (Å²) in [4.78, 5) is 29.9. The quantitative estimate of drug-likeness (QED) is 0.356. The molecular weight excluding hydrogens is 370 g/mol. The van der Waals surface area contributed by atoms with E-state index in [-0.39, 0.29) is 16.9 Å². The number of rotatable bonds is 6. The van der Waals surface area contributed by atoms with Gasteiger partial charge in [-0.05, 0) is 43.7 Å². The second-order valence-electron chi connectivity index (χ2n) is 6.12. The number of thioether (sulfide) groups is 1. The highest BCUT2D eigenvalue weighted by Crippen LogP contribution is 2.25. The number of carbonyl (C=O) groups is 1. The van der Waals surface area contributed by atoms with Crippen molar-refractivity contribution >= 4 is 28.4 Å². The molecule has 0 aliphatic carbocycles. The van der Waals surface area contributed by atoms with Crippen LogP contribution in [0.2, 0.25) is 0 Å². The second kappa shape index (κ2) is 8.00. The monoisotopic (exact) mass is 388 g/mol. The summed E-state index contributed by atoms with van der Waals surface area (Å²) in [6.45, 7) is 4.09. The fraction of sp³-hybridized carbons (Fsp3) is 0.250. The van der Waals surface area contributed by atoms with E-state index in [1.54, 1.807) is 35.8 Å². The largest absolute Gasteiger partial charge is 0.293 e. The Hall–Kier alpha value is -2.54. The highest BCUT2D eigenvalue weighted by atomic mass is 32.2. The molecule has 1 heterocycles. The number of hydrogen-bond acceptors (Lipinski definition) is 4. The number of fused-ring (bicyclic) bond motifs is 1. The van der Waals surface area contributed by atoms with Gasteiger partial charge < -0.3 is 0 Å². The molecule has 0 spiro atoms. The van der Waals surface area contributed by atoms with Crippen molar-refractivity contribution in [3.63, 3.8) is 0 Å². The molecule has 0 saturated heterocycles. The Balaban J connectivity index is 1.97. The van der Waals surface area contributed by atoms with Crippen LogP contribution in [0.3, 0.4) is 0 Å². The first-order valence-corrected chi connectivity index (χ1v) is 9.45. The molecule has 0 amide bonds. The van der Waals surface area contributed by atoms with E-state index in [1.807, 2.05) is 6.92 Å². The first kappa shape index (κ1) is 19.2. The smallest absolute Gasteiger partial charge is 0.262 e. The van der Waals surface area contributed by atoms with Crippen LogP contribution < -0.4 is 5.56 Å². The fourth-order valence-corrected chi connectivity index (χ4v) is 3.77. The maximum Gasteiger partial charge on any atom is 0.262 e. The number of hydrogen-bond donors (Lipinski definition) is 0. The molecule has 0 aliphatic heterocycles. The summed E-state index contributed by atoms with van der Waals surface area (Å²) >= 11 is 1.14. The Morgan fingerprint density at radius 1 is 1.19 bits per heavy atom. The number of nitrogens with zero attached hydrogens (tertiary/aromatic N) is 2. The van der Waals surface area contributed by atoms with Gasteiger partial charge in [0, 0.05) is 12.1 Å². The van der Waals surface area contributed by atoms with Crippen molar-refractivity contribution in [1.29, 1.82) is 0 Å². The average Bonchev–Trinajstić information content (AvgIpc) is 2.66. The number of para-hydroxylation sites is 1. The molecule has 140 valence electrons. The SMILES string of the molecule is CCCn1c(S[C@@H](C)C(=O)c2ccc(F)c(F)c2)nc2ccccc2c1=O. The lowest BCUT2D eigenvalue weighted by molar-refractivity contribution is 0.0993. The molecule has 0 unspecified atom stereocenters. The lowest BCUT2D eigenvalue weighted by Crippen LogP contribution is -2.25. The van der Waals surface area contributed by atoms with Crippen LogP contribution in [-0.4, -0.2) is 20.6 Å². The van der Waals surface area contributed by atoms with Crippen LogP contribution >= 0.6 is 11.8 Å². The minimum atomic E-state index is -1.07. The van der Waals surface area contributed by atoms with Crippen LogP contribution in [-0.2, 0) is 6.54 Å². The van der Waals surface area contributed by atoms with Crippen molar-refractivity contribution < 1.29 is 13.6 Å². The number of Topliss-reactive ketones (excluding diaryl/α,β-unsaturated/α-hetero) is 1. The first-order chi connectivity index (χ1) is 12.9. The third-order valence-corrected chi connectivity index (χ3v) is 5.22. The highest BCUT2D eigenvalue weighted by Gasteiger charge is 2.21. The van der Waals surface area contributed by atoms with Gasteiger partial charge in [-0.25, -0.2) is 13.8 Å². The molecule has 1 atom stereocenters. The molecule has 2 aromatic carbocycles. The van der Waals surface area contributed by atoms with E-state index in [9.17, 15) is 18.4 Å². The summed E-state index contributed by atoms with van der Waals surface area (Å²) in [6, 6.07) is 10.1. The van der Waals surface area contributed by atoms with Gasteiger partial charge in [0.2, 0.25) is 0 Å². The van der Waals surface area contributed by atoms with Gasteiger partial charge in [-0.2, -0.15) is 0 Å². The minimum absolute atomic E-state index is 0.0825. The Kier molecular flexibility index (Phi) is 5.70.